The molecule has 0 bridgehead atoms. The van der Waals surface area contributed by atoms with E-state index < -0.39 is 30.0 Å². The molecule has 0 spiro atoms. The summed E-state index contributed by atoms with van der Waals surface area (Å²) in [5.74, 6) is 0.568. The third-order valence-corrected chi connectivity index (χ3v) is 5.21. The van der Waals surface area contributed by atoms with Crippen molar-refractivity contribution in [2.75, 3.05) is 13.2 Å². The highest BCUT2D eigenvalue weighted by Gasteiger charge is 2.53. The Labute approximate surface area is 179 Å². The summed E-state index contributed by atoms with van der Waals surface area (Å²) < 4.78 is 23.4. The first-order valence-electron chi connectivity index (χ1n) is 10.4. The molecule has 2 rings (SSSR count). The molecule has 0 radical (unpaired) electrons. The summed E-state index contributed by atoms with van der Waals surface area (Å²) in [5.41, 5.74) is -0.451. The van der Waals surface area contributed by atoms with Crippen molar-refractivity contribution in [3.63, 3.8) is 0 Å². The fraction of sp³-hybridized carbons (Fsp3) is 0.636. The standard InChI is InChI=1S/C22H34BNO6/c1-20(2,3)28-19(26)24-13-8-9-14-27-17-12-10-11-16(15-25)18(17)23-29-21(4,5)22(6,7)30-23/h10-12,15H,8-9,13-14H2,1-7H3,(H,24,26). The molecule has 7 nitrogen and oxygen atoms in total. The lowest BCUT2D eigenvalue weighted by molar-refractivity contribution is 0.00578. The van der Waals surface area contributed by atoms with E-state index in [1.165, 1.54) is 0 Å². The summed E-state index contributed by atoms with van der Waals surface area (Å²) in [7, 11) is -0.680. The number of alkyl carbamates (subject to hydrolysis) is 1. The van der Waals surface area contributed by atoms with E-state index in [1.807, 2.05) is 54.5 Å². The van der Waals surface area contributed by atoms with Gasteiger partial charge in [0.25, 0.3) is 0 Å². The van der Waals surface area contributed by atoms with Crippen LogP contribution in [0.25, 0.3) is 0 Å². The molecule has 0 saturated carbocycles. The molecule has 1 N–H and O–H groups in total. The van der Waals surface area contributed by atoms with Crippen molar-refractivity contribution in [2.45, 2.75) is 78.1 Å². The van der Waals surface area contributed by atoms with Gasteiger partial charge in [-0.3, -0.25) is 4.79 Å². The normalized spacial score (nSPS) is 17.5. The van der Waals surface area contributed by atoms with E-state index in [0.29, 0.717) is 29.9 Å². The molecule has 0 unspecified atom stereocenters. The van der Waals surface area contributed by atoms with E-state index in [1.54, 1.807) is 12.1 Å². The number of hydrogen-bond donors (Lipinski definition) is 1. The van der Waals surface area contributed by atoms with E-state index in [0.717, 1.165) is 19.1 Å². The Bertz CT molecular complexity index is 740. The number of carbonyl (C=O) groups excluding carboxylic acids is 2. The maximum absolute atomic E-state index is 11.7. The van der Waals surface area contributed by atoms with Crippen LogP contribution in [0, 0.1) is 0 Å². The van der Waals surface area contributed by atoms with Gasteiger partial charge in [-0.25, -0.2) is 4.79 Å². The zero-order valence-electron chi connectivity index (χ0n) is 19.2. The van der Waals surface area contributed by atoms with Gasteiger partial charge >= 0.3 is 13.2 Å². The largest absolute Gasteiger partial charge is 0.499 e. The molecule has 166 valence electrons. The topological polar surface area (TPSA) is 83.1 Å². The van der Waals surface area contributed by atoms with Gasteiger partial charge in [-0.1, -0.05) is 12.1 Å². The van der Waals surface area contributed by atoms with E-state index in [9.17, 15) is 9.59 Å². The van der Waals surface area contributed by atoms with E-state index in [2.05, 4.69) is 5.32 Å². The van der Waals surface area contributed by atoms with Crippen molar-refractivity contribution >= 4 is 25.0 Å². The molecular weight excluding hydrogens is 385 g/mol. The highest BCUT2D eigenvalue weighted by molar-refractivity contribution is 6.64. The zero-order chi connectivity index (χ0) is 22.6. The van der Waals surface area contributed by atoms with E-state index >= 15 is 0 Å². The van der Waals surface area contributed by atoms with Crippen molar-refractivity contribution in [3.8, 4) is 5.75 Å². The number of nitrogens with one attached hydrogen (secondary N) is 1. The monoisotopic (exact) mass is 419 g/mol. The van der Waals surface area contributed by atoms with Gasteiger partial charge in [0.2, 0.25) is 0 Å². The van der Waals surface area contributed by atoms with Gasteiger partial charge in [0.1, 0.15) is 17.6 Å². The second kappa shape index (κ2) is 9.39. The minimum absolute atomic E-state index is 0.426. The number of carbonyl (C=O) groups is 2. The highest BCUT2D eigenvalue weighted by Crippen LogP contribution is 2.37. The molecule has 0 aromatic heterocycles. The van der Waals surface area contributed by atoms with E-state index in [-0.39, 0.29) is 0 Å². The third kappa shape index (κ3) is 6.22. The SMILES string of the molecule is CC(C)(C)OC(=O)NCCCCOc1cccc(C=O)c1B1OC(C)(C)C(C)(C)O1. The van der Waals surface area contributed by atoms with Crippen LogP contribution in [0.4, 0.5) is 4.79 Å². The lowest BCUT2D eigenvalue weighted by atomic mass is 9.75. The summed E-state index contributed by atoms with van der Waals surface area (Å²) in [6.45, 7) is 14.3. The maximum Gasteiger partial charge on any atom is 0.499 e. The van der Waals surface area contributed by atoms with Crippen LogP contribution in [-0.2, 0) is 14.0 Å². The molecule has 1 aromatic carbocycles. The number of unbranched alkanes of at least 4 members (excludes halogenated alkanes) is 1. The second-order valence-electron chi connectivity index (χ2n) is 9.45. The fourth-order valence-electron chi connectivity index (χ4n) is 2.92. The van der Waals surface area contributed by atoms with Crippen molar-refractivity contribution < 1.29 is 28.4 Å². The average molecular weight is 419 g/mol. The number of rotatable bonds is 8. The summed E-state index contributed by atoms with van der Waals surface area (Å²) >= 11 is 0. The van der Waals surface area contributed by atoms with E-state index in [4.69, 9.17) is 18.8 Å². The van der Waals surface area contributed by atoms with Gasteiger partial charge < -0.3 is 24.1 Å². The van der Waals surface area contributed by atoms with Gasteiger partial charge in [0.05, 0.1) is 17.8 Å². The summed E-state index contributed by atoms with van der Waals surface area (Å²) in [6.07, 6.45) is 1.82. The van der Waals surface area contributed by atoms with Gasteiger partial charge in [-0.15, -0.1) is 0 Å². The van der Waals surface area contributed by atoms with Crippen LogP contribution < -0.4 is 15.5 Å². The predicted molar refractivity (Wildman–Crippen MR) is 117 cm³/mol. The maximum atomic E-state index is 11.7. The zero-order valence-corrected chi connectivity index (χ0v) is 19.2. The molecule has 1 heterocycles. The average Bonchev–Trinajstić information content (AvgIpc) is 2.83. The Morgan fingerprint density at radius 3 is 2.33 bits per heavy atom. The van der Waals surface area contributed by atoms with Crippen LogP contribution in [0.1, 0.15) is 71.7 Å². The van der Waals surface area contributed by atoms with Crippen LogP contribution in [0.3, 0.4) is 0 Å². The van der Waals surface area contributed by atoms with Crippen molar-refractivity contribution in [1.82, 2.24) is 5.32 Å². The van der Waals surface area contributed by atoms with Crippen LogP contribution in [-0.4, -0.2) is 49.5 Å². The van der Waals surface area contributed by atoms with Gasteiger partial charge in [0.15, 0.2) is 0 Å². The van der Waals surface area contributed by atoms with Crippen LogP contribution in [0.5, 0.6) is 5.75 Å². The number of benzene rings is 1. The first-order chi connectivity index (χ1) is 13.9. The molecule has 0 aliphatic carbocycles. The Morgan fingerprint density at radius 1 is 1.13 bits per heavy atom. The van der Waals surface area contributed by atoms with Crippen LogP contribution in [0.2, 0.25) is 0 Å². The summed E-state index contributed by atoms with van der Waals surface area (Å²) in [5, 5.41) is 2.73. The first-order valence-corrected chi connectivity index (χ1v) is 10.4. The smallest absolute Gasteiger partial charge is 0.494 e. The van der Waals surface area contributed by atoms with Crippen molar-refractivity contribution in [2.24, 2.45) is 0 Å². The number of hydrogen-bond acceptors (Lipinski definition) is 6. The highest BCUT2D eigenvalue weighted by atomic mass is 16.7. The van der Waals surface area contributed by atoms with Crippen LogP contribution >= 0.6 is 0 Å². The summed E-state index contributed by atoms with van der Waals surface area (Å²) in [6, 6.07) is 5.31. The molecule has 1 fully saturated rings. The Hall–Kier alpha value is -2.06. The first kappa shape index (κ1) is 24.2. The minimum atomic E-state index is -0.680. The van der Waals surface area contributed by atoms with Gasteiger partial charge in [-0.05, 0) is 67.4 Å². The molecule has 8 heteroatoms. The second-order valence-corrected chi connectivity index (χ2v) is 9.45. The molecule has 0 atom stereocenters. The minimum Gasteiger partial charge on any atom is -0.494 e. The summed E-state index contributed by atoms with van der Waals surface area (Å²) in [4.78, 5) is 23.3. The quantitative estimate of drug-likeness (QED) is 0.395. The lowest BCUT2D eigenvalue weighted by Gasteiger charge is -2.32. The Kier molecular flexibility index (Phi) is 7.58. The molecular formula is C22H34BNO6. The predicted octanol–water partition coefficient (Wildman–Crippen LogP) is 3.48. The fourth-order valence-corrected chi connectivity index (χ4v) is 2.92. The number of aldehydes is 1. The molecule has 30 heavy (non-hydrogen) atoms. The molecule has 1 saturated heterocycles. The molecule has 1 aliphatic heterocycles. The van der Waals surface area contributed by atoms with Gasteiger partial charge in [-0.2, -0.15) is 0 Å². The Balaban J connectivity index is 1.93. The van der Waals surface area contributed by atoms with Crippen molar-refractivity contribution in [3.05, 3.63) is 23.8 Å². The molecule has 1 amide bonds. The van der Waals surface area contributed by atoms with Gasteiger partial charge in [0, 0.05) is 17.6 Å². The number of ether oxygens (including phenoxy) is 2. The lowest BCUT2D eigenvalue weighted by Crippen LogP contribution is -2.41. The van der Waals surface area contributed by atoms with Crippen molar-refractivity contribution in [1.29, 1.82) is 0 Å². The van der Waals surface area contributed by atoms with Crippen LogP contribution in [0.15, 0.2) is 18.2 Å². The number of amides is 1. The molecule has 1 aliphatic rings. The molecule has 1 aromatic rings. The third-order valence-electron chi connectivity index (χ3n) is 5.21. The Morgan fingerprint density at radius 2 is 1.77 bits per heavy atom.